The average Bonchev–Trinajstić information content (AvgIpc) is 3.56. The van der Waals surface area contributed by atoms with Gasteiger partial charge >= 0.3 is 0 Å². The molecule has 1 aliphatic heterocycles. The zero-order valence-electron chi connectivity index (χ0n) is 21.2. The van der Waals surface area contributed by atoms with Gasteiger partial charge in [-0.25, -0.2) is 0 Å². The smallest absolute Gasteiger partial charge is 0.257 e. The highest BCUT2D eigenvalue weighted by Crippen LogP contribution is 2.32. The Kier molecular flexibility index (Phi) is 8.14. The number of hydrogen-bond acceptors (Lipinski definition) is 5. The van der Waals surface area contributed by atoms with Crippen LogP contribution in [0.15, 0.2) is 18.2 Å². The lowest BCUT2D eigenvalue weighted by Crippen LogP contribution is -2.47. The molecule has 2 aliphatic carbocycles. The van der Waals surface area contributed by atoms with Gasteiger partial charge in [0.1, 0.15) is 12.4 Å². The van der Waals surface area contributed by atoms with Gasteiger partial charge in [0.2, 0.25) is 5.91 Å². The van der Waals surface area contributed by atoms with E-state index in [4.69, 9.17) is 9.47 Å². The molecule has 0 radical (unpaired) electrons. The van der Waals surface area contributed by atoms with Gasteiger partial charge in [-0.05, 0) is 56.6 Å². The zero-order valence-corrected chi connectivity index (χ0v) is 21.2. The molecule has 0 saturated heterocycles. The lowest BCUT2D eigenvalue weighted by molar-refractivity contribution is -0.117. The SMILES string of the molecule is CO[C@@H]1CN(C)C(=O)c2ccc(NC(=O)C3CC3)cc2OC[C@@H](C)N(CC2CCCC2)C[C@@H]1C. The van der Waals surface area contributed by atoms with E-state index in [9.17, 15) is 9.59 Å². The Labute approximate surface area is 204 Å². The van der Waals surface area contributed by atoms with Crippen molar-refractivity contribution in [3.63, 3.8) is 0 Å². The van der Waals surface area contributed by atoms with Crippen LogP contribution in [-0.2, 0) is 9.53 Å². The number of hydrogen-bond donors (Lipinski definition) is 1. The van der Waals surface area contributed by atoms with E-state index in [0.717, 1.165) is 31.8 Å². The molecule has 7 heteroatoms. The summed E-state index contributed by atoms with van der Waals surface area (Å²) >= 11 is 0. The number of carbonyl (C=O) groups excluding carboxylic acids is 2. The van der Waals surface area contributed by atoms with Crippen LogP contribution in [0.5, 0.6) is 5.75 Å². The minimum absolute atomic E-state index is 0.0459. The summed E-state index contributed by atoms with van der Waals surface area (Å²) in [5.41, 5.74) is 1.20. The molecule has 1 aromatic rings. The summed E-state index contributed by atoms with van der Waals surface area (Å²) in [5, 5.41) is 2.98. The van der Waals surface area contributed by atoms with Crippen molar-refractivity contribution < 1.29 is 19.1 Å². The number of anilines is 1. The van der Waals surface area contributed by atoms with Crippen molar-refractivity contribution in [2.24, 2.45) is 17.8 Å². The minimum Gasteiger partial charge on any atom is -0.491 e. The normalized spacial score (nSPS) is 27.5. The van der Waals surface area contributed by atoms with Crippen molar-refractivity contribution in [3.05, 3.63) is 23.8 Å². The van der Waals surface area contributed by atoms with Gasteiger partial charge in [-0.3, -0.25) is 14.5 Å². The maximum absolute atomic E-state index is 13.3. The second-order valence-electron chi connectivity index (χ2n) is 10.7. The van der Waals surface area contributed by atoms with Crippen LogP contribution in [0, 0.1) is 17.8 Å². The summed E-state index contributed by atoms with van der Waals surface area (Å²) in [5.74, 6) is 1.62. The molecule has 0 unspecified atom stereocenters. The van der Waals surface area contributed by atoms with Gasteiger partial charge < -0.3 is 19.7 Å². The molecule has 0 aromatic heterocycles. The third-order valence-electron chi connectivity index (χ3n) is 7.76. The number of likely N-dealkylation sites (N-methyl/N-ethyl adjacent to an activating group) is 1. The fourth-order valence-corrected chi connectivity index (χ4v) is 5.29. The molecular formula is C27H41N3O4. The zero-order chi connectivity index (χ0) is 24.2. The molecule has 4 rings (SSSR count). The maximum atomic E-state index is 13.3. The van der Waals surface area contributed by atoms with Crippen LogP contribution in [0.3, 0.4) is 0 Å². The first-order valence-corrected chi connectivity index (χ1v) is 13.0. The molecule has 34 heavy (non-hydrogen) atoms. The first-order chi connectivity index (χ1) is 16.4. The first kappa shape index (κ1) is 25.0. The summed E-state index contributed by atoms with van der Waals surface area (Å²) in [7, 11) is 3.56. The highest BCUT2D eigenvalue weighted by Gasteiger charge is 2.31. The van der Waals surface area contributed by atoms with E-state index < -0.39 is 0 Å². The molecule has 1 N–H and O–H groups in total. The molecule has 188 valence electrons. The summed E-state index contributed by atoms with van der Waals surface area (Å²) in [6.07, 6.45) is 7.11. The lowest BCUT2D eigenvalue weighted by atomic mass is 9.99. The second kappa shape index (κ2) is 11.1. The molecule has 1 aromatic carbocycles. The van der Waals surface area contributed by atoms with Crippen LogP contribution in [0.1, 0.15) is 62.7 Å². The van der Waals surface area contributed by atoms with Crippen LogP contribution in [0.4, 0.5) is 5.69 Å². The summed E-state index contributed by atoms with van der Waals surface area (Å²) < 4.78 is 12.2. The summed E-state index contributed by atoms with van der Waals surface area (Å²) in [4.78, 5) is 29.9. The molecule has 7 nitrogen and oxygen atoms in total. The van der Waals surface area contributed by atoms with Crippen molar-refractivity contribution >= 4 is 17.5 Å². The first-order valence-electron chi connectivity index (χ1n) is 13.0. The highest BCUT2D eigenvalue weighted by atomic mass is 16.5. The van der Waals surface area contributed by atoms with E-state index in [1.165, 1.54) is 25.7 Å². The number of benzene rings is 1. The largest absolute Gasteiger partial charge is 0.491 e. The van der Waals surface area contributed by atoms with E-state index in [1.54, 1.807) is 30.2 Å². The Bertz CT molecular complexity index is 865. The predicted octanol–water partition coefficient (Wildman–Crippen LogP) is 4.03. The van der Waals surface area contributed by atoms with Crippen molar-refractivity contribution in [3.8, 4) is 5.75 Å². The van der Waals surface area contributed by atoms with Crippen molar-refractivity contribution in [1.29, 1.82) is 0 Å². The highest BCUT2D eigenvalue weighted by molar-refractivity contribution is 5.99. The monoisotopic (exact) mass is 471 g/mol. The fourth-order valence-electron chi connectivity index (χ4n) is 5.29. The van der Waals surface area contributed by atoms with Crippen LogP contribution < -0.4 is 10.1 Å². The Balaban J connectivity index is 1.59. The van der Waals surface area contributed by atoms with Crippen LogP contribution in [0.2, 0.25) is 0 Å². The van der Waals surface area contributed by atoms with Gasteiger partial charge in [0.15, 0.2) is 0 Å². The maximum Gasteiger partial charge on any atom is 0.257 e. The number of amides is 2. The lowest BCUT2D eigenvalue weighted by Gasteiger charge is -2.37. The van der Waals surface area contributed by atoms with E-state index in [2.05, 4.69) is 24.1 Å². The molecule has 0 bridgehead atoms. The van der Waals surface area contributed by atoms with E-state index in [-0.39, 0.29) is 35.8 Å². The third-order valence-corrected chi connectivity index (χ3v) is 7.76. The van der Waals surface area contributed by atoms with Crippen molar-refractivity contribution in [2.75, 3.05) is 45.7 Å². The molecule has 2 saturated carbocycles. The fraction of sp³-hybridized carbons (Fsp3) is 0.704. The summed E-state index contributed by atoms with van der Waals surface area (Å²) in [6, 6.07) is 5.57. The molecule has 1 heterocycles. The van der Waals surface area contributed by atoms with Crippen LogP contribution >= 0.6 is 0 Å². The standard InChI is InChI=1S/C27H41N3O4/c1-18-14-30(15-20-7-5-6-8-20)19(2)17-34-24-13-22(28-26(31)21-9-10-21)11-12-23(24)27(32)29(3)16-25(18)33-4/h11-13,18-21,25H,5-10,14-17H2,1-4H3,(H,28,31)/t18-,19+,25+/m0/s1. The van der Waals surface area contributed by atoms with E-state index in [1.807, 2.05) is 7.05 Å². The van der Waals surface area contributed by atoms with E-state index in [0.29, 0.717) is 30.2 Å². The van der Waals surface area contributed by atoms with Crippen molar-refractivity contribution in [2.45, 2.75) is 64.5 Å². The van der Waals surface area contributed by atoms with Gasteiger partial charge in [-0.1, -0.05) is 19.8 Å². The van der Waals surface area contributed by atoms with Gasteiger partial charge in [0.25, 0.3) is 5.91 Å². The number of rotatable bonds is 5. The molecule has 3 atom stereocenters. The topological polar surface area (TPSA) is 71.1 Å². The molecule has 2 amide bonds. The number of nitrogens with one attached hydrogen (secondary N) is 1. The number of nitrogens with zero attached hydrogens (tertiary/aromatic N) is 2. The van der Waals surface area contributed by atoms with E-state index >= 15 is 0 Å². The van der Waals surface area contributed by atoms with Crippen LogP contribution in [0.25, 0.3) is 0 Å². The molecular weight excluding hydrogens is 430 g/mol. The summed E-state index contributed by atoms with van der Waals surface area (Å²) in [6.45, 7) is 7.41. The number of carbonyl (C=O) groups is 2. The quantitative estimate of drug-likeness (QED) is 0.702. The van der Waals surface area contributed by atoms with Crippen LogP contribution in [-0.4, -0.2) is 74.2 Å². The van der Waals surface area contributed by atoms with Crippen molar-refractivity contribution in [1.82, 2.24) is 9.80 Å². The van der Waals surface area contributed by atoms with Gasteiger partial charge in [-0.15, -0.1) is 0 Å². The number of ether oxygens (including phenoxy) is 2. The molecule has 3 aliphatic rings. The van der Waals surface area contributed by atoms with Gasteiger partial charge in [0, 0.05) is 57.5 Å². The minimum atomic E-state index is -0.0969. The Morgan fingerprint density at radius 3 is 2.56 bits per heavy atom. The van der Waals surface area contributed by atoms with Gasteiger partial charge in [0.05, 0.1) is 11.7 Å². The average molecular weight is 472 g/mol. The Morgan fingerprint density at radius 2 is 1.88 bits per heavy atom. The van der Waals surface area contributed by atoms with Gasteiger partial charge in [-0.2, -0.15) is 0 Å². The molecule has 0 spiro atoms. The Morgan fingerprint density at radius 1 is 1.15 bits per heavy atom. The predicted molar refractivity (Wildman–Crippen MR) is 133 cm³/mol. The number of fused-ring (bicyclic) bond motifs is 1. The third kappa shape index (κ3) is 6.11. The Hall–Kier alpha value is -2.12. The molecule has 2 fully saturated rings. The number of methoxy groups -OCH3 is 1. The second-order valence-corrected chi connectivity index (χ2v) is 10.7.